The van der Waals surface area contributed by atoms with Gasteiger partial charge in [-0.15, -0.1) is 0 Å². The van der Waals surface area contributed by atoms with E-state index >= 15 is 0 Å². The molecule has 4 heteroatoms. The molecule has 0 spiro atoms. The topological polar surface area (TPSA) is 49.4 Å². The van der Waals surface area contributed by atoms with E-state index in [0.717, 1.165) is 16.8 Å². The molecule has 0 fully saturated rings. The van der Waals surface area contributed by atoms with E-state index in [1.807, 2.05) is 62.4 Å². The summed E-state index contributed by atoms with van der Waals surface area (Å²) < 4.78 is 0. The van der Waals surface area contributed by atoms with E-state index in [0.29, 0.717) is 6.54 Å². The minimum Gasteiger partial charge on any atom is -0.329 e. The van der Waals surface area contributed by atoms with E-state index in [2.05, 4.69) is 5.32 Å². The molecule has 0 aliphatic rings. The van der Waals surface area contributed by atoms with Crippen LogP contribution in [0.2, 0.25) is 0 Å². The lowest BCUT2D eigenvalue weighted by atomic mass is 10.1. The monoisotopic (exact) mass is 310 g/mol. The van der Waals surface area contributed by atoms with Crippen LogP contribution in [0.25, 0.3) is 0 Å². The van der Waals surface area contributed by atoms with Crippen molar-refractivity contribution in [2.24, 2.45) is 0 Å². The molecule has 2 amide bonds. The predicted molar refractivity (Wildman–Crippen MR) is 92.1 cm³/mol. The minimum atomic E-state index is -0.195. The maximum atomic E-state index is 12.2. The van der Waals surface area contributed by atoms with Crippen molar-refractivity contribution in [3.05, 3.63) is 65.2 Å². The van der Waals surface area contributed by atoms with Crippen LogP contribution in [0.15, 0.2) is 48.5 Å². The normalized spacial score (nSPS) is 10.2. The molecule has 0 unspecified atom stereocenters. The molecule has 2 rings (SSSR count). The van der Waals surface area contributed by atoms with Gasteiger partial charge >= 0.3 is 0 Å². The molecular formula is C19H22N2O2. The van der Waals surface area contributed by atoms with E-state index in [9.17, 15) is 9.59 Å². The van der Waals surface area contributed by atoms with Gasteiger partial charge in [0.25, 0.3) is 0 Å². The zero-order valence-electron chi connectivity index (χ0n) is 13.8. The van der Waals surface area contributed by atoms with Crippen LogP contribution in [0, 0.1) is 13.8 Å². The van der Waals surface area contributed by atoms with Crippen molar-refractivity contribution in [1.29, 1.82) is 0 Å². The molecule has 0 saturated carbocycles. The van der Waals surface area contributed by atoms with Crippen molar-refractivity contribution in [3.63, 3.8) is 0 Å². The van der Waals surface area contributed by atoms with E-state index in [4.69, 9.17) is 0 Å². The van der Waals surface area contributed by atoms with E-state index in [1.165, 1.54) is 17.4 Å². The van der Waals surface area contributed by atoms with Crippen LogP contribution in [-0.2, 0) is 16.1 Å². The third-order valence-corrected chi connectivity index (χ3v) is 3.79. The highest BCUT2D eigenvalue weighted by molar-refractivity contribution is 5.94. The lowest BCUT2D eigenvalue weighted by molar-refractivity contribution is -0.133. The average Bonchev–Trinajstić information content (AvgIpc) is 2.51. The van der Waals surface area contributed by atoms with Gasteiger partial charge in [-0.05, 0) is 42.7 Å². The molecule has 4 nitrogen and oxygen atoms in total. The third-order valence-electron chi connectivity index (χ3n) is 3.79. The molecule has 2 aromatic rings. The first-order valence-electron chi connectivity index (χ1n) is 7.62. The van der Waals surface area contributed by atoms with Gasteiger partial charge in [-0.1, -0.05) is 36.4 Å². The summed E-state index contributed by atoms with van der Waals surface area (Å²) >= 11 is 0. The van der Waals surface area contributed by atoms with Gasteiger partial charge in [-0.25, -0.2) is 0 Å². The lowest BCUT2D eigenvalue weighted by Crippen LogP contribution is -2.36. The maximum Gasteiger partial charge on any atom is 0.244 e. The summed E-state index contributed by atoms with van der Waals surface area (Å²) in [6.07, 6.45) is 0. The summed E-state index contributed by atoms with van der Waals surface area (Å²) in [6.45, 7) is 5.97. The second-order valence-electron chi connectivity index (χ2n) is 5.71. The number of anilines is 1. The minimum absolute atomic E-state index is 0.0388. The second kappa shape index (κ2) is 7.58. The molecule has 1 N–H and O–H groups in total. The third kappa shape index (κ3) is 4.95. The number of benzene rings is 2. The number of carbonyl (C=O) groups is 2. The highest BCUT2D eigenvalue weighted by atomic mass is 16.2. The number of rotatable bonds is 5. The molecule has 0 aliphatic heterocycles. The van der Waals surface area contributed by atoms with Gasteiger partial charge in [0.15, 0.2) is 0 Å². The zero-order valence-corrected chi connectivity index (χ0v) is 13.8. The fraction of sp³-hybridized carbons (Fsp3) is 0.263. The molecule has 0 bridgehead atoms. The average molecular weight is 310 g/mol. The molecule has 0 radical (unpaired) electrons. The highest BCUT2D eigenvalue weighted by Gasteiger charge is 2.14. The van der Waals surface area contributed by atoms with Crippen LogP contribution in [0.1, 0.15) is 23.6 Å². The molecule has 2 aromatic carbocycles. The SMILES string of the molecule is CC(=O)N(CC(=O)Nc1ccc(C)c(C)c1)Cc1ccccc1. The van der Waals surface area contributed by atoms with Crippen LogP contribution < -0.4 is 5.32 Å². The van der Waals surface area contributed by atoms with E-state index < -0.39 is 0 Å². The Morgan fingerprint density at radius 1 is 1.00 bits per heavy atom. The molecule has 120 valence electrons. The number of nitrogens with zero attached hydrogens (tertiary/aromatic N) is 1. The molecule has 0 aliphatic carbocycles. The number of hydrogen-bond donors (Lipinski definition) is 1. The number of aryl methyl sites for hydroxylation is 2. The van der Waals surface area contributed by atoms with Gasteiger partial charge in [0.2, 0.25) is 11.8 Å². The highest BCUT2D eigenvalue weighted by Crippen LogP contribution is 2.14. The molecule has 0 saturated heterocycles. The number of nitrogens with one attached hydrogen (secondary N) is 1. The molecule has 0 heterocycles. The number of carbonyl (C=O) groups excluding carboxylic acids is 2. The van der Waals surface area contributed by atoms with Crippen LogP contribution in [0.5, 0.6) is 0 Å². The van der Waals surface area contributed by atoms with Crippen LogP contribution in [0.3, 0.4) is 0 Å². The summed E-state index contributed by atoms with van der Waals surface area (Å²) in [6, 6.07) is 15.4. The Balaban J connectivity index is 2.00. The largest absolute Gasteiger partial charge is 0.329 e. The Kier molecular flexibility index (Phi) is 5.52. The van der Waals surface area contributed by atoms with Crippen molar-refractivity contribution in [2.75, 3.05) is 11.9 Å². The maximum absolute atomic E-state index is 12.2. The molecular weight excluding hydrogens is 288 g/mol. The van der Waals surface area contributed by atoms with Gasteiger partial charge < -0.3 is 10.2 Å². The van der Waals surface area contributed by atoms with Crippen molar-refractivity contribution in [2.45, 2.75) is 27.3 Å². The first kappa shape index (κ1) is 16.7. The summed E-state index contributed by atoms with van der Waals surface area (Å²) in [5.74, 6) is -0.316. The van der Waals surface area contributed by atoms with E-state index in [1.54, 1.807) is 0 Å². The van der Waals surface area contributed by atoms with Crippen molar-refractivity contribution < 1.29 is 9.59 Å². The number of hydrogen-bond acceptors (Lipinski definition) is 2. The van der Waals surface area contributed by atoms with Crippen molar-refractivity contribution in [3.8, 4) is 0 Å². The van der Waals surface area contributed by atoms with Gasteiger partial charge in [0, 0.05) is 19.2 Å². The first-order valence-corrected chi connectivity index (χ1v) is 7.62. The lowest BCUT2D eigenvalue weighted by Gasteiger charge is -2.20. The van der Waals surface area contributed by atoms with Crippen LogP contribution in [0.4, 0.5) is 5.69 Å². The summed E-state index contributed by atoms with van der Waals surface area (Å²) in [5, 5.41) is 2.85. The quantitative estimate of drug-likeness (QED) is 0.921. The Bertz CT molecular complexity index is 696. The fourth-order valence-corrected chi connectivity index (χ4v) is 2.28. The molecule has 23 heavy (non-hydrogen) atoms. The number of amides is 2. The smallest absolute Gasteiger partial charge is 0.244 e. The van der Waals surface area contributed by atoms with Crippen molar-refractivity contribution >= 4 is 17.5 Å². The zero-order chi connectivity index (χ0) is 16.8. The summed E-state index contributed by atoms with van der Waals surface area (Å²) in [7, 11) is 0. The summed E-state index contributed by atoms with van der Waals surface area (Å²) in [5.41, 5.74) is 4.05. The summed E-state index contributed by atoms with van der Waals surface area (Å²) in [4.78, 5) is 25.5. The fourth-order valence-electron chi connectivity index (χ4n) is 2.28. The Morgan fingerprint density at radius 2 is 1.70 bits per heavy atom. The molecule has 0 aromatic heterocycles. The van der Waals surface area contributed by atoms with Crippen LogP contribution in [-0.4, -0.2) is 23.3 Å². The van der Waals surface area contributed by atoms with Gasteiger partial charge in [0.05, 0.1) is 0 Å². The predicted octanol–water partition coefficient (Wildman–Crippen LogP) is 3.29. The van der Waals surface area contributed by atoms with Gasteiger partial charge in [0.1, 0.15) is 6.54 Å². The van der Waals surface area contributed by atoms with E-state index in [-0.39, 0.29) is 18.4 Å². The molecule has 0 atom stereocenters. The van der Waals surface area contributed by atoms with Gasteiger partial charge in [-0.3, -0.25) is 9.59 Å². The second-order valence-corrected chi connectivity index (χ2v) is 5.71. The van der Waals surface area contributed by atoms with Crippen molar-refractivity contribution in [1.82, 2.24) is 4.90 Å². The van der Waals surface area contributed by atoms with Crippen LogP contribution >= 0.6 is 0 Å². The van der Waals surface area contributed by atoms with Gasteiger partial charge in [-0.2, -0.15) is 0 Å². The Morgan fingerprint density at radius 3 is 2.30 bits per heavy atom. The first-order chi connectivity index (χ1) is 11.0. The Hall–Kier alpha value is -2.62. The standard InChI is InChI=1S/C19H22N2O2/c1-14-9-10-18(11-15(14)2)20-19(23)13-21(16(3)22)12-17-7-5-4-6-8-17/h4-11H,12-13H2,1-3H3,(H,20,23). The Labute approximate surface area is 137 Å².